The summed E-state index contributed by atoms with van der Waals surface area (Å²) in [5, 5.41) is 5.82. The van der Waals surface area contributed by atoms with Gasteiger partial charge in [0.2, 0.25) is 5.91 Å². The molecule has 2 aromatic carbocycles. The summed E-state index contributed by atoms with van der Waals surface area (Å²) in [5.41, 5.74) is 9.27. The van der Waals surface area contributed by atoms with Crippen LogP contribution >= 0.6 is 15.9 Å². The van der Waals surface area contributed by atoms with Crippen LogP contribution in [0.2, 0.25) is 0 Å². The molecule has 102 valence electrons. The van der Waals surface area contributed by atoms with Crippen molar-refractivity contribution in [1.82, 2.24) is 0 Å². The van der Waals surface area contributed by atoms with E-state index in [0.29, 0.717) is 23.5 Å². The highest BCUT2D eigenvalue weighted by Gasteiger charge is 2.19. The van der Waals surface area contributed by atoms with E-state index in [-0.39, 0.29) is 11.7 Å². The molecule has 0 aromatic heterocycles. The Morgan fingerprint density at radius 3 is 2.85 bits per heavy atom. The van der Waals surface area contributed by atoms with Crippen molar-refractivity contribution in [2.24, 2.45) is 0 Å². The SMILES string of the molecule is Nc1cc2c(cc1Nc1cc(F)ccc1Br)NC(=O)C2. The summed E-state index contributed by atoms with van der Waals surface area (Å²) in [5.74, 6) is -0.396. The third kappa shape index (κ3) is 2.34. The van der Waals surface area contributed by atoms with Gasteiger partial charge in [0.05, 0.1) is 23.5 Å². The van der Waals surface area contributed by atoms with Gasteiger partial charge in [-0.3, -0.25) is 4.79 Å². The Bertz CT molecular complexity index is 718. The van der Waals surface area contributed by atoms with E-state index in [4.69, 9.17) is 5.73 Å². The van der Waals surface area contributed by atoms with Crippen LogP contribution in [0.1, 0.15) is 5.56 Å². The molecule has 6 heteroatoms. The van der Waals surface area contributed by atoms with Crippen LogP contribution in [-0.2, 0) is 11.2 Å². The highest BCUT2D eigenvalue weighted by Crippen LogP contribution is 2.35. The van der Waals surface area contributed by atoms with Gasteiger partial charge in [0.25, 0.3) is 0 Å². The van der Waals surface area contributed by atoms with E-state index in [1.165, 1.54) is 12.1 Å². The first-order valence-electron chi connectivity index (χ1n) is 5.97. The molecule has 0 unspecified atom stereocenters. The average molecular weight is 336 g/mol. The maximum Gasteiger partial charge on any atom is 0.228 e. The molecule has 0 aliphatic carbocycles. The van der Waals surface area contributed by atoms with Gasteiger partial charge in [-0.05, 0) is 51.8 Å². The molecule has 1 aliphatic rings. The summed E-state index contributed by atoms with van der Waals surface area (Å²) in [6.45, 7) is 0. The molecule has 4 nitrogen and oxygen atoms in total. The number of nitrogens with two attached hydrogens (primary N) is 1. The number of hydrogen-bond acceptors (Lipinski definition) is 3. The number of nitrogens with one attached hydrogen (secondary N) is 2. The Balaban J connectivity index is 1.97. The predicted octanol–water partition coefficient (Wildman–Crippen LogP) is 3.41. The lowest BCUT2D eigenvalue weighted by Crippen LogP contribution is -2.03. The summed E-state index contributed by atoms with van der Waals surface area (Å²) in [6, 6.07) is 7.86. The monoisotopic (exact) mass is 335 g/mol. The van der Waals surface area contributed by atoms with Gasteiger partial charge < -0.3 is 16.4 Å². The minimum absolute atomic E-state index is 0.0523. The van der Waals surface area contributed by atoms with Crippen molar-refractivity contribution in [3.8, 4) is 0 Å². The Kier molecular flexibility index (Phi) is 3.10. The molecular weight excluding hydrogens is 325 g/mol. The molecule has 1 heterocycles. The van der Waals surface area contributed by atoms with Crippen LogP contribution in [0, 0.1) is 5.82 Å². The van der Waals surface area contributed by atoms with E-state index in [0.717, 1.165) is 15.7 Å². The van der Waals surface area contributed by atoms with E-state index < -0.39 is 0 Å². The lowest BCUT2D eigenvalue weighted by atomic mass is 10.1. The standard InChI is InChI=1S/C14H11BrFN3O/c15-9-2-1-8(16)5-12(9)18-13-6-11-7(3-10(13)17)4-14(20)19-11/h1-3,5-6,18H,4,17H2,(H,19,20). The van der Waals surface area contributed by atoms with Crippen molar-refractivity contribution in [3.63, 3.8) is 0 Å². The number of amides is 1. The smallest absolute Gasteiger partial charge is 0.228 e. The zero-order valence-electron chi connectivity index (χ0n) is 10.3. The number of rotatable bonds is 2. The van der Waals surface area contributed by atoms with E-state index >= 15 is 0 Å². The van der Waals surface area contributed by atoms with E-state index in [9.17, 15) is 9.18 Å². The third-order valence-electron chi connectivity index (χ3n) is 3.10. The van der Waals surface area contributed by atoms with Crippen LogP contribution < -0.4 is 16.4 Å². The number of benzene rings is 2. The quantitative estimate of drug-likeness (QED) is 0.737. The number of anilines is 4. The molecule has 1 amide bonds. The number of carbonyl (C=O) groups is 1. The van der Waals surface area contributed by atoms with Crippen LogP contribution in [0.5, 0.6) is 0 Å². The molecule has 4 N–H and O–H groups in total. The zero-order chi connectivity index (χ0) is 14.3. The number of carbonyl (C=O) groups excluding carboxylic acids is 1. The van der Waals surface area contributed by atoms with Gasteiger partial charge >= 0.3 is 0 Å². The second-order valence-corrected chi connectivity index (χ2v) is 5.43. The molecule has 0 bridgehead atoms. The van der Waals surface area contributed by atoms with Gasteiger partial charge in [0, 0.05) is 10.2 Å². The number of fused-ring (bicyclic) bond motifs is 1. The highest BCUT2D eigenvalue weighted by molar-refractivity contribution is 9.10. The topological polar surface area (TPSA) is 67.2 Å². The van der Waals surface area contributed by atoms with Crippen LogP contribution in [0.25, 0.3) is 0 Å². The average Bonchev–Trinajstić information content (AvgIpc) is 2.73. The van der Waals surface area contributed by atoms with Gasteiger partial charge in [-0.2, -0.15) is 0 Å². The predicted molar refractivity (Wildman–Crippen MR) is 80.6 cm³/mol. The van der Waals surface area contributed by atoms with Crippen LogP contribution in [0.4, 0.5) is 27.1 Å². The van der Waals surface area contributed by atoms with Crippen LogP contribution in [0.15, 0.2) is 34.8 Å². The molecule has 3 rings (SSSR count). The first-order chi connectivity index (χ1) is 9.52. The van der Waals surface area contributed by atoms with Crippen molar-refractivity contribution in [2.45, 2.75) is 6.42 Å². The molecule has 0 radical (unpaired) electrons. The molecule has 0 fully saturated rings. The van der Waals surface area contributed by atoms with Gasteiger partial charge in [-0.1, -0.05) is 0 Å². The molecule has 0 spiro atoms. The molecule has 2 aromatic rings. The molecule has 0 saturated heterocycles. The second kappa shape index (κ2) is 4.79. The highest BCUT2D eigenvalue weighted by atomic mass is 79.9. The molecule has 20 heavy (non-hydrogen) atoms. The van der Waals surface area contributed by atoms with Gasteiger partial charge in [-0.15, -0.1) is 0 Å². The maximum absolute atomic E-state index is 13.3. The summed E-state index contributed by atoms with van der Waals surface area (Å²) < 4.78 is 14.0. The summed E-state index contributed by atoms with van der Waals surface area (Å²) in [4.78, 5) is 11.4. The van der Waals surface area contributed by atoms with E-state index in [2.05, 4.69) is 26.6 Å². The Labute approximate surface area is 123 Å². The van der Waals surface area contributed by atoms with Crippen molar-refractivity contribution in [3.05, 3.63) is 46.2 Å². The summed E-state index contributed by atoms with van der Waals surface area (Å²) in [6.07, 6.45) is 0.337. The van der Waals surface area contributed by atoms with Crippen LogP contribution in [-0.4, -0.2) is 5.91 Å². The van der Waals surface area contributed by atoms with Crippen LogP contribution in [0.3, 0.4) is 0 Å². The molecule has 0 atom stereocenters. The normalized spacial score (nSPS) is 13.0. The lowest BCUT2D eigenvalue weighted by Gasteiger charge is -2.13. The second-order valence-electron chi connectivity index (χ2n) is 4.57. The molecule has 1 aliphatic heterocycles. The van der Waals surface area contributed by atoms with Gasteiger partial charge in [0.15, 0.2) is 0 Å². The number of nitrogen functional groups attached to an aromatic ring is 1. The Morgan fingerprint density at radius 1 is 1.25 bits per heavy atom. The van der Waals surface area contributed by atoms with Crippen molar-refractivity contribution in [1.29, 1.82) is 0 Å². The fraction of sp³-hybridized carbons (Fsp3) is 0.0714. The van der Waals surface area contributed by atoms with Crippen molar-refractivity contribution in [2.75, 3.05) is 16.4 Å². The van der Waals surface area contributed by atoms with Crippen molar-refractivity contribution >= 4 is 44.6 Å². The first kappa shape index (κ1) is 12.9. The molecule has 0 saturated carbocycles. The number of hydrogen-bond donors (Lipinski definition) is 3. The molecular formula is C14H11BrFN3O. The summed E-state index contributed by atoms with van der Waals surface area (Å²) >= 11 is 3.34. The first-order valence-corrected chi connectivity index (χ1v) is 6.76. The largest absolute Gasteiger partial charge is 0.397 e. The maximum atomic E-state index is 13.3. The fourth-order valence-corrected chi connectivity index (χ4v) is 2.49. The van der Waals surface area contributed by atoms with Gasteiger partial charge in [0.1, 0.15) is 5.82 Å². The Morgan fingerprint density at radius 2 is 2.05 bits per heavy atom. The fourth-order valence-electron chi connectivity index (χ4n) is 2.14. The van der Waals surface area contributed by atoms with E-state index in [1.54, 1.807) is 18.2 Å². The van der Waals surface area contributed by atoms with Gasteiger partial charge in [-0.25, -0.2) is 4.39 Å². The zero-order valence-corrected chi connectivity index (χ0v) is 11.9. The van der Waals surface area contributed by atoms with E-state index in [1.807, 2.05) is 0 Å². The third-order valence-corrected chi connectivity index (χ3v) is 3.79. The minimum atomic E-state index is -0.344. The van der Waals surface area contributed by atoms with Crippen molar-refractivity contribution < 1.29 is 9.18 Å². The number of halogens is 2. The lowest BCUT2D eigenvalue weighted by molar-refractivity contribution is -0.115. The Hall–Kier alpha value is -2.08. The summed E-state index contributed by atoms with van der Waals surface area (Å²) in [7, 11) is 0. The minimum Gasteiger partial charge on any atom is -0.397 e.